The Morgan fingerprint density at radius 3 is 2.69 bits per heavy atom. The van der Waals surface area contributed by atoms with Gasteiger partial charge in [0.25, 0.3) is 0 Å². The fourth-order valence-electron chi connectivity index (χ4n) is 4.79. The van der Waals surface area contributed by atoms with Crippen molar-refractivity contribution in [1.29, 1.82) is 0 Å². The molecule has 0 radical (unpaired) electrons. The number of aromatic nitrogens is 1. The van der Waals surface area contributed by atoms with E-state index >= 15 is 0 Å². The third-order valence-corrected chi connectivity index (χ3v) is 6.61. The number of likely N-dealkylation sites (tertiary alicyclic amines) is 1. The largest absolute Gasteiger partial charge is 0.375 e. The lowest BCUT2D eigenvalue weighted by Gasteiger charge is -2.46. The zero-order valence-corrected chi connectivity index (χ0v) is 17.5. The predicted molar refractivity (Wildman–Crippen MR) is 114 cm³/mol. The standard InChI is InChI=1S/C24H33N3O2/c1-26-12-5-8-22(26)19-27-13-10-24(11-14-27)17-21(9-15-29-24)16-23(28)25-18-20-6-3-2-4-7-20/h2-8,12,21H,9-11,13-19H2,1H3,(H,25,28). The molecule has 2 fully saturated rings. The molecule has 5 nitrogen and oxygen atoms in total. The number of carbonyl (C=O) groups is 1. The molecular weight excluding hydrogens is 362 g/mol. The van der Waals surface area contributed by atoms with Crippen molar-refractivity contribution < 1.29 is 9.53 Å². The number of piperidine rings is 1. The van der Waals surface area contributed by atoms with Crippen LogP contribution in [-0.2, 0) is 29.7 Å². The molecular formula is C24H33N3O2. The van der Waals surface area contributed by atoms with Crippen molar-refractivity contribution in [3.05, 3.63) is 59.9 Å². The topological polar surface area (TPSA) is 46.5 Å². The molecule has 4 rings (SSSR count). The predicted octanol–water partition coefficient (Wildman–Crippen LogP) is 3.49. The second-order valence-electron chi connectivity index (χ2n) is 8.74. The highest BCUT2D eigenvalue weighted by molar-refractivity contribution is 5.76. The maximum absolute atomic E-state index is 12.5. The average Bonchev–Trinajstić information content (AvgIpc) is 3.14. The fraction of sp³-hybridized carbons (Fsp3) is 0.542. The van der Waals surface area contributed by atoms with Gasteiger partial charge in [-0.05, 0) is 49.3 Å². The Bertz CT molecular complexity index is 793. The van der Waals surface area contributed by atoms with E-state index in [1.165, 1.54) is 5.69 Å². The summed E-state index contributed by atoms with van der Waals surface area (Å²) < 4.78 is 8.49. The molecule has 1 aromatic carbocycles. The number of benzene rings is 1. The number of ether oxygens (including phenoxy) is 1. The van der Waals surface area contributed by atoms with Gasteiger partial charge in [-0.1, -0.05) is 30.3 Å². The number of amides is 1. The molecule has 1 unspecified atom stereocenters. The summed E-state index contributed by atoms with van der Waals surface area (Å²) >= 11 is 0. The lowest BCUT2D eigenvalue weighted by Crippen LogP contribution is -2.49. The van der Waals surface area contributed by atoms with E-state index in [0.717, 1.165) is 57.5 Å². The molecule has 29 heavy (non-hydrogen) atoms. The Morgan fingerprint density at radius 2 is 1.97 bits per heavy atom. The van der Waals surface area contributed by atoms with Gasteiger partial charge in [0.1, 0.15) is 0 Å². The number of nitrogens with zero attached hydrogens (tertiary/aromatic N) is 2. The number of rotatable bonds is 6. The summed E-state index contributed by atoms with van der Waals surface area (Å²) in [6.45, 7) is 4.54. The highest BCUT2D eigenvalue weighted by Crippen LogP contribution is 2.39. The lowest BCUT2D eigenvalue weighted by molar-refractivity contribution is -0.136. The van der Waals surface area contributed by atoms with Crippen molar-refractivity contribution in [3.8, 4) is 0 Å². The molecule has 3 heterocycles. The zero-order chi connectivity index (χ0) is 20.1. The first-order valence-corrected chi connectivity index (χ1v) is 10.9. The van der Waals surface area contributed by atoms with Gasteiger partial charge in [0.05, 0.1) is 5.60 Å². The molecule has 2 aromatic rings. The van der Waals surface area contributed by atoms with Gasteiger partial charge < -0.3 is 14.6 Å². The first-order chi connectivity index (χ1) is 14.1. The van der Waals surface area contributed by atoms with Crippen LogP contribution in [-0.4, -0.2) is 40.7 Å². The first kappa shape index (κ1) is 20.2. The number of nitrogens with one attached hydrogen (secondary N) is 1. The van der Waals surface area contributed by atoms with E-state index in [1.807, 2.05) is 30.3 Å². The molecule has 156 valence electrons. The molecule has 0 saturated carbocycles. The number of hydrogen-bond acceptors (Lipinski definition) is 3. The van der Waals surface area contributed by atoms with Gasteiger partial charge in [-0.3, -0.25) is 9.69 Å². The van der Waals surface area contributed by atoms with Gasteiger partial charge in [-0.25, -0.2) is 0 Å². The molecule has 2 aliphatic heterocycles. The normalized spacial score (nSPS) is 21.9. The van der Waals surface area contributed by atoms with Crippen LogP contribution in [0.4, 0.5) is 0 Å². The van der Waals surface area contributed by atoms with Crippen molar-refractivity contribution in [2.75, 3.05) is 19.7 Å². The van der Waals surface area contributed by atoms with E-state index in [2.05, 4.69) is 40.2 Å². The maximum Gasteiger partial charge on any atom is 0.220 e. The Morgan fingerprint density at radius 1 is 1.17 bits per heavy atom. The summed E-state index contributed by atoms with van der Waals surface area (Å²) in [5.74, 6) is 0.594. The fourth-order valence-corrected chi connectivity index (χ4v) is 4.79. The Labute approximate surface area is 174 Å². The number of aryl methyl sites for hydroxylation is 1. The molecule has 1 spiro atoms. The quantitative estimate of drug-likeness (QED) is 0.814. The molecule has 1 N–H and O–H groups in total. The van der Waals surface area contributed by atoms with Gasteiger partial charge in [0.2, 0.25) is 5.91 Å². The molecule has 0 bridgehead atoms. The summed E-state index contributed by atoms with van der Waals surface area (Å²) in [6, 6.07) is 14.4. The number of hydrogen-bond donors (Lipinski definition) is 1. The second-order valence-corrected chi connectivity index (χ2v) is 8.74. The monoisotopic (exact) mass is 395 g/mol. The van der Waals surface area contributed by atoms with Gasteiger partial charge in [0, 0.05) is 58.1 Å². The SMILES string of the molecule is Cn1cccc1CN1CCC2(CC1)CC(CC(=O)NCc1ccccc1)CCO2. The lowest BCUT2D eigenvalue weighted by atomic mass is 9.78. The Kier molecular flexibility index (Phi) is 6.36. The van der Waals surface area contributed by atoms with Crippen LogP contribution in [0.2, 0.25) is 0 Å². The van der Waals surface area contributed by atoms with Crippen molar-refractivity contribution >= 4 is 5.91 Å². The van der Waals surface area contributed by atoms with E-state index in [4.69, 9.17) is 4.74 Å². The number of carbonyl (C=O) groups excluding carboxylic acids is 1. The first-order valence-electron chi connectivity index (χ1n) is 10.9. The molecule has 1 atom stereocenters. The van der Waals surface area contributed by atoms with Crippen LogP contribution in [0.3, 0.4) is 0 Å². The van der Waals surface area contributed by atoms with Crippen LogP contribution in [0, 0.1) is 5.92 Å². The van der Waals surface area contributed by atoms with E-state index < -0.39 is 0 Å². The second kappa shape index (κ2) is 9.14. The van der Waals surface area contributed by atoms with E-state index in [9.17, 15) is 4.79 Å². The highest BCUT2D eigenvalue weighted by Gasteiger charge is 2.40. The molecule has 1 aromatic heterocycles. The summed E-state index contributed by atoms with van der Waals surface area (Å²) in [5.41, 5.74) is 2.49. The minimum atomic E-state index is -0.0205. The van der Waals surface area contributed by atoms with Crippen molar-refractivity contribution in [1.82, 2.24) is 14.8 Å². The van der Waals surface area contributed by atoms with Crippen LogP contribution in [0.25, 0.3) is 0 Å². The van der Waals surface area contributed by atoms with E-state index in [-0.39, 0.29) is 11.5 Å². The van der Waals surface area contributed by atoms with Crippen LogP contribution >= 0.6 is 0 Å². The maximum atomic E-state index is 12.5. The van der Waals surface area contributed by atoms with Crippen LogP contribution in [0.5, 0.6) is 0 Å². The zero-order valence-electron chi connectivity index (χ0n) is 17.5. The average molecular weight is 396 g/mol. The van der Waals surface area contributed by atoms with Crippen molar-refractivity contribution in [3.63, 3.8) is 0 Å². The third-order valence-electron chi connectivity index (χ3n) is 6.61. The van der Waals surface area contributed by atoms with Gasteiger partial charge >= 0.3 is 0 Å². The Hall–Kier alpha value is -2.11. The smallest absolute Gasteiger partial charge is 0.220 e. The highest BCUT2D eigenvalue weighted by atomic mass is 16.5. The van der Waals surface area contributed by atoms with Crippen LogP contribution < -0.4 is 5.32 Å². The van der Waals surface area contributed by atoms with Crippen molar-refractivity contribution in [2.24, 2.45) is 13.0 Å². The molecule has 2 aliphatic rings. The minimum Gasteiger partial charge on any atom is -0.375 e. The van der Waals surface area contributed by atoms with Crippen LogP contribution in [0.15, 0.2) is 48.7 Å². The van der Waals surface area contributed by atoms with Gasteiger partial charge in [0.15, 0.2) is 0 Å². The summed E-state index contributed by atoms with van der Waals surface area (Å²) in [6.07, 6.45) is 6.87. The van der Waals surface area contributed by atoms with Crippen LogP contribution in [0.1, 0.15) is 43.4 Å². The van der Waals surface area contributed by atoms with Gasteiger partial charge in [-0.2, -0.15) is 0 Å². The molecule has 2 saturated heterocycles. The molecule has 0 aliphatic carbocycles. The van der Waals surface area contributed by atoms with Crippen molar-refractivity contribution in [2.45, 2.75) is 50.8 Å². The summed E-state index contributed by atoms with van der Waals surface area (Å²) in [4.78, 5) is 15.0. The third kappa shape index (κ3) is 5.28. The molecule has 5 heteroatoms. The summed E-state index contributed by atoms with van der Waals surface area (Å²) in [7, 11) is 2.11. The Balaban J connectivity index is 1.24. The van der Waals surface area contributed by atoms with E-state index in [1.54, 1.807) is 0 Å². The van der Waals surface area contributed by atoms with E-state index in [0.29, 0.717) is 18.9 Å². The molecule has 1 amide bonds. The minimum absolute atomic E-state index is 0.0205. The summed E-state index contributed by atoms with van der Waals surface area (Å²) in [5, 5.41) is 3.08. The van der Waals surface area contributed by atoms with Gasteiger partial charge in [-0.15, -0.1) is 0 Å².